The highest BCUT2D eigenvalue weighted by molar-refractivity contribution is 7.88. The normalized spacial score (nSPS) is 20.4. The molecule has 1 aliphatic rings. The fraction of sp³-hybridized carbons (Fsp3) is 0.462. The molecular weight excluding hydrogens is 264 g/mol. The van der Waals surface area contributed by atoms with Crippen LogP contribution in [-0.2, 0) is 14.8 Å². The van der Waals surface area contributed by atoms with E-state index in [0.29, 0.717) is 18.7 Å². The topological polar surface area (TPSA) is 66.5 Å². The predicted molar refractivity (Wildman–Crippen MR) is 74.4 cm³/mol. The second-order valence-electron chi connectivity index (χ2n) is 4.89. The van der Waals surface area contributed by atoms with Gasteiger partial charge in [-0.3, -0.25) is 4.79 Å². The summed E-state index contributed by atoms with van der Waals surface area (Å²) in [6, 6.07) is 6.84. The standard InChI is InChI=1S/C13H18N2O3S/c1-10-5-7-11(8-6-10)14-13(16)12-4-3-9-15(12)19(2,17)18/h5-8,12H,3-4,9H2,1-2H3,(H,14,16)/t12-/m1/s1. The Morgan fingerprint density at radius 2 is 1.95 bits per heavy atom. The number of amides is 1. The number of hydrogen-bond acceptors (Lipinski definition) is 3. The molecule has 0 bridgehead atoms. The van der Waals surface area contributed by atoms with Crippen molar-refractivity contribution in [2.24, 2.45) is 0 Å². The van der Waals surface area contributed by atoms with Crippen LogP contribution in [0.25, 0.3) is 0 Å². The second-order valence-corrected chi connectivity index (χ2v) is 6.82. The first-order chi connectivity index (χ1) is 8.88. The lowest BCUT2D eigenvalue weighted by Gasteiger charge is -2.21. The van der Waals surface area contributed by atoms with E-state index in [0.717, 1.165) is 18.2 Å². The number of hydrogen-bond donors (Lipinski definition) is 1. The first-order valence-corrected chi connectivity index (χ1v) is 8.07. The van der Waals surface area contributed by atoms with E-state index in [1.807, 2.05) is 31.2 Å². The summed E-state index contributed by atoms with van der Waals surface area (Å²) in [6.45, 7) is 2.39. The van der Waals surface area contributed by atoms with Crippen molar-refractivity contribution in [1.29, 1.82) is 0 Å². The first-order valence-electron chi connectivity index (χ1n) is 6.22. The van der Waals surface area contributed by atoms with Gasteiger partial charge in [0, 0.05) is 12.2 Å². The quantitative estimate of drug-likeness (QED) is 0.910. The van der Waals surface area contributed by atoms with Crippen LogP contribution in [0.3, 0.4) is 0 Å². The van der Waals surface area contributed by atoms with Crippen LogP contribution in [-0.4, -0.2) is 37.5 Å². The number of benzene rings is 1. The lowest BCUT2D eigenvalue weighted by Crippen LogP contribution is -2.42. The average Bonchev–Trinajstić information content (AvgIpc) is 2.81. The minimum Gasteiger partial charge on any atom is -0.325 e. The van der Waals surface area contributed by atoms with Gasteiger partial charge in [0.2, 0.25) is 15.9 Å². The van der Waals surface area contributed by atoms with Gasteiger partial charge in [-0.1, -0.05) is 17.7 Å². The molecule has 0 aromatic heterocycles. The van der Waals surface area contributed by atoms with Gasteiger partial charge in [-0.15, -0.1) is 0 Å². The summed E-state index contributed by atoms with van der Waals surface area (Å²) >= 11 is 0. The smallest absolute Gasteiger partial charge is 0.242 e. The molecule has 1 aromatic carbocycles. The Labute approximate surface area is 113 Å². The maximum Gasteiger partial charge on any atom is 0.242 e. The number of nitrogens with zero attached hydrogens (tertiary/aromatic N) is 1. The molecule has 1 fully saturated rings. The van der Waals surface area contributed by atoms with Gasteiger partial charge in [-0.05, 0) is 31.9 Å². The maximum atomic E-state index is 12.1. The molecule has 1 saturated heterocycles. The number of rotatable bonds is 3. The number of sulfonamides is 1. The van der Waals surface area contributed by atoms with E-state index >= 15 is 0 Å². The molecule has 1 atom stereocenters. The van der Waals surface area contributed by atoms with E-state index in [-0.39, 0.29) is 5.91 Å². The zero-order valence-electron chi connectivity index (χ0n) is 11.1. The SMILES string of the molecule is Cc1ccc(NC(=O)[C@H]2CCCN2S(C)(=O)=O)cc1. The molecule has 1 aromatic rings. The van der Waals surface area contributed by atoms with E-state index in [2.05, 4.69) is 5.32 Å². The zero-order valence-corrected chi connectivity index (χ0v) is 11.9. The predicted octanol–water partition coefficient (Wildman–Crippen LogP) is 1.36. The van der Waals surface area contributed by atoms with E-state index in [4.69, 9.17) is 0 Å². The molecule has 0 unspecified atom stereocenters. The Bertz CT molecular complexity index is 566. The highest BCUT2D eigenvalue weighted by atomic mass is 32.2. The summed E-state index contributed by atoms with van der Waals surface area (Å²) in [5, 5.41) is 2.77. The Balaban J connectivity index is 2.09. The van der Waals surface area contributed by atoms with E-state index in [9.17, 15) is 13.2 Å². The number of carbonyl (C=O) groups is 1. The minimum atomic E-state index is -3.32. The summed E-state index contributed by atoms with van der Waals surface area (Å²) < 4.78 is 24.5. The van der Waals surface area contributed by atoms with Crippen molar-refractivity contribution >= 4 is 21.6 Å². The molecule has 5 nitrogen and oxygen atoms in total. The van der Waals surface area contributed by atoms with Crippen molar-refractivity contribution in [2.45, 2.75) is 25.8 Å². The third kappa shape index (κ3) is 3.33. The highest BCUT2D eigenvalue weighted by Crippen LogP contribution is 2.21. The molecule has 1 heterocycles. The molecular formula is C13H18N2O3S. The van der Waals surface area contributed by atoms with Crippen LogP contribution >= 0.6 is 0 Å². The first kappa shape index (κ1) is 14.0. The highest BCUT2D eigenvalue weighted by Gasteiger charge is 2.36. The number of carbonyl (C=O) groups excluding carboxylic acids is 1. The van der Waals surface area contributed by atoms with E-state index < -0.39 is 16.1 Å². The summed E-state index contributed by atoms with van der Waals surface area (Å²) in [5.74, 6) is -0.258. The maximum absolute atomic E-state index is 12.1. The van der Waals surface area contributed by atoms with E-state index in [1.54, 1.807) is 0 Å². The number of nitrogens with one attached hydrogen (secondary N) is 1. The monoisotopic (exact) mass is 282 g/mol. The van der Waals surface area contributed by atoms with Gasteiger partial charge < -0.3 is 5.32 Å². The summed E-state index contributed by atoms with van der Waals surface area (Å²) in [7, 11) is -3.32. The Morgan fingerprint density at radius 3 is 2.53 bits per heavy atom. The van der Waals surface area contributed by atoms with Crippen LogP contribution in [0.1, 0.15) is 18.4 Å². The Hall–Kier alpha value is -1.40. The van der Waals surface area contributed by atoms with E-state index in [1.165, 1.54) is 4.31 Å². The fourth-order valence-corrected chi connectivity index (χ4v) is 3.39. The Morgan fingerprint density at radius 1 is 1.32 bits per heavy atom. The molecule has 2 rings (SSSR count). The molecule has 1 N–H and O–H groups in total. The summed E-state index contributed by atoms with van der Waals surface area (Å²) in [4.78, 5) is 12.1. The van der Waals surface area contributed by atoms with Crippen molar-refractivity contribution in [2.75, 3.05) is 18.1 Å². The summed E-state index contributed by atoms with van der Waals surface area (Å²) in [5.41, 5.74) is 1.80. The lowest BCUT2D eigenvalue weighted by molar-refractivity contribution is -0.119. The number of aryl methyl sites for hydroxylation is 1. The van der Waals surface area contributed by atoms with Gasteiger partial charge in [-0.25, -0.2) is 8.42 Å². The molecule has 1 amide bonds. The molecule has 104 valence electrons. The van der Waals surface area contributed by atoms with Crippen LogP contribution in [0.5, 0.6) is 0 Å². The largest absolute Gasteiger partial charge is 0.325 e. The van der Waals surface area contributed by atoms with Gasteiger partial charge in [0.25, 0.3) is 0 Å². The van der Waals surface area contributed by atoms with Gasteiger partial charge in [-0.2, -0.15) is 4.31 Å². The van der Waals surface area contributed by atoms with Crippen molar-refractivity contribution in [3.8, 4) is 0 Å². The average molecular weight is 282 g/mol. The van der Waals surface area contributed by atoms with Crippen molar-refractivity contribution < 1.29 is 13.2 Å². The fourth-order valence-electron chi connectivity index (χ4n) is 2.26. The van der Waals surface area contributed by atoms with Crippen LogP contribution < -0.4 is 5.32 Å². The molecule has 1 aliphatic heterocycles. The van der Waals surface area contributed by atoms with Gasteiger partial charge in [0.05, 0.1) is 6.26 Å². The molecule has 0 aliphatic carbocycles. The third-order valence-electron chi connectivity index (χ3n) is 3.25. The third-order valence-corrected chi connectivity index (χ3v) is 4.54. The van der Waals surface area contributed by atoms with Crippen LogP contribution in [0.4, 0.5) is 5.69 Å². The van der Waals surface area contributed by atoms with Gasteiger partial charge in [0.1, 0.15) is 6.04 Å². The second kappa shape index (κ2) is 5.30. The van der Waals surface area contributed by atoms with Crippen LogP contribution in [0.2, 0.25) is 0 Å². The zero-order chi connectivity index (χ0) is 14.0. The van der Waals surface area contributed by atoms with Gasteiger partial charge >= 0.3 is 0 Å². The van der Waals surface area contributed by atoms with Crippen LogP contribution in [0.15, 0.2) is 24.3 Å². The summed E-state index contributed by atoms with van der Waals surface area (Å²) in [6.07, 6.45) is 2.44. The molecule has 0 saturated carbocycles. The van der Waals surface area contributed by atoms with Crippen molar-refractivity contribution in [3.63, 3.8) is 0 Å². The molecule has 19 heavy (non-hydrogen) atoms. The molecule has 0 spiro atoms. The van der Waals surface area contributed by atoms with Gasteiger partial charge in [0.15, 0.2) is 0 Å². The molecule has 0 radical (unpaired) electrons. The molecule has 6 heteroatoms. The Kier molecular flexibility index (Phi) is 3.91. The van der Waals surface area contributed by atoms with Crippen LogP contribution in [0, 0.1) is 6.92 Å². The minimum absolute atomic E-state index is 0.258. The lowest BCUT2D eigenvalue weighted by atomic mass is 10.2. The van der Waals surface area contributed by atoms with Crippen molar-refractivity contribution in [1.82, 2.24) is 4.31 Å². The van der Waals surface area contributed by atoms with Crippen molar-refractivity contribution in [3.05, 3.63) is 29.8 Å². The number of anilines is 1.